The number of carbonyl (C=O) groups excluding carboxylic acids is 2. The molecule has 0 radical (unpaired) electrons. The van der Waals surface area contributed by atoms with Crippen LogP contribution in [-0.2, 0) is 25.5 Å². The maximum absolute atomic E-state index is 12.4. The number of methoxy groups -OCH3 is 1. The van der Waals surface area contributed by atoms with Crippen LogP contribution < -0.4 is 4.90 Å². The van der Waals surface area contributed by atoms with E-state index in [1.54, 1.807) is 7.11 Å². The number of fused-ring (bicyclic) bond motifs is 3. The van der Waals surface area contributed by atoms with E-state index in [-0.39, 0.29) is 12.4 Å². The first-order valence-corrected chi connectivity index (χ1v) is 7.61. The van der Waals surface area contributed by atoms with E-state index in [9.17, 15) is 9.59 Å². The summed E-state index contributed by atoms with van der Waals surface area (Å²) in [7, 11) is 1.61. The highest BCUT2D eigenvalue weighted by molar-refractivity contribution is 6.11. The van der Waals surface area contributed by atoms with E-state index in [0.29, 0.717) is 19.7 Å². The molecule has 2 aromatic rings. The summed E-state index contributed by atoms with van der Waals surface area (Å²) in [5.74, 6) is -0.552. The molecule has 5 heteroatoms. The molecule has 5 nitrogen and oxygen atoms in total. The Balaban J connectivity index is 1.93. The molecule has 4 rings (SSSR count). The van der Waals surface area contributed by atoms with Gasteiger partial charge in [-0.2, -0.15) is 0 Å². The first-order valence-electron chi connectivity index (χ1n) is 7.61. The lowest BCUT2D eigenvalue weighted by atomic mass is 9.74. The molecule has 2 heterocycles. The molecule has 2 aromatic carbocycles. The van der Waals surface area contributed by atoms with Crippen molar-refractivity contribution in [3.63, 3.8) is 0 Å². The second-order valence-corrected chi connectivity index (χ2v) is 6.16. The first-order chi connectivity index (χ1) is 11.2. The molecule has 0 saturated carbocycles. The molecule has 0 N–H and O–H groups in total. The van der Waals surface area contributed by atoms with Gasteiger partial charge < -0.3 is 14.4 Å². The molecule has 1 spiro atoms. The molecular formula is C18H17NO4. The quantitative estimate of drug-likeness (QED) is 0.626. The molecule has 1 saturated heterocycles. The summed E-state index contributed by atoms with van der Waals surface area (Å²) in [6.07, 6.45) is 0.390. The van der Waals surface area contributed by atoms with Gasteiger partial charge in [-0.05, 0) is 22.4 Å². The molecule has 2 aliphatic heterocycles. The molecule has 23 heavy (non-hydrogen) atoms. The predicted octanol–water partition coefficient (Wildman–Crippen LogP) is 1.92. The second kappa shape index (κ2) is 5.06. The zero-order valence-corrected chi connectivity index (χ0v) is 12.9. The monoisotopic (exact) mass is 311 g/mol. The van der Waals surface area contributed by atoms with Crippen molar-refractivity contribution in [3.05, 3.63) is 42.0 Å². The molecule has 0 aliphatic carbocycles. The van der Waals surface area contributed by atoms with Crippen LogP contribution in [0, 0.1) is 5.41 Å². The predicted molar refractivity (Wildman–Crippen MR) is 85.3 cm³/mol. The highest BCUT2D eigenvalue weighted by Crippen LogP contribution is 2.43. The minimum atomic E-state index is -1.10. The van der Waals surface area contributed by atoms with Gasteiger partial charge in [0.25, 0.3) is 0 Å². The van der Waals surface area contributed by atoms with Crippen LogP contribution in [0.3, 0.4) is 0 Å². The van der Waals surface area contributed by atoms with Crippen molar-refractivity contribution in [1.82, 2.24) is 0 Å². The Kier molecular flexibility index (Phi) is 3.13. The summed E-state index contributed by atoms with van der Waals surface area (Å²) in [4.78, 5) is 26.7. The van der Waals surface area contributed by atoms with Crippen molar-refractivity contribution >= 4 is 28.2 Å². The van der Waals surface area contributed by atoms with E-state index < -0.39 is 11.4 Å². The molecule has 0 aromatic heterocycles. The van der Waals surface area contributed by atoms with E-state index in [0.717, 1.165) is 22.0 Å². The number of benzene rings is 2. The molecule has 0 bridgehead atoms. The van der Waals surface area contributed by atoms with Crippen molar-refractivity contribution in [3.8, 4) is 0 Å². The van der Waals surface area contributed by atoms with Gasteiger partial charge in [-0.3, -0.25) is 9.59 Å². The van der Waals surface area contributed by atoms with Crippen LogP contribution in [-0.4, -0.2) is 38.7 Å². The van der Waals surface area contributed by atoms with Crippen molar-refractivity contribution in [2.24, 2.45) is 5.41 Å². The van der Waals surface area contributed by atoms with Crippen LogP contribution in [0.1, 0.15) is 5.56 Å². The van der Waals surface area contributed by atoms with Crippen molar-refractivity contribution in [2.75, 3.05) is 31.9 Å². The van der Waals surface area contributed by atoms with Crippen LogP contribution in [0.2, 0.25) is 0 Å². The van der Waals surface area contributed by atoms with Crippen LogP contribution >= 0.6 is 0 Å². The van der Waals surface area contributed by atoms with E-state index >= 15 is 0 Å². The van der Waals surface area contributed by atoms with E-state index in [2.05, 4.69) is 6.07 Å². The van der Waals surface area contributed by atoms with Gasteiger partial charge in [0.2, 0.25) is 0 Å². The number of esters is 1. The maximum atomic E-state index is 12.4. The molecule has 2 aliphatic rings. The number of hydrogen-bond acceptors (Lipinski definition) is 5. The summed E-state index contributed by atoms with van der Waals surface area (Å²) >= 11 is 0. The topological polar surface area (TPSA) is 55.8 Å². The number of cyclic esters (lactones) is 1. The molecule has 118 valence electrons. The fraction of sp³-hybridized carbons (Fsp3) is 0.333. The number of ether oxygens (including phenoxy) is 2. The lowest BCUT2D eigenvalue weighted by Crippen LogP contribution is -2.51. The van der Waals surface area contributed by atoms with E-state index in [1.807, 2.05) is 35.2 Å². The Morgan fingerprint density at radius 3 is 2.78 bits per heavy atom. The normalized spacial score (nSPS) is 23.4. The Morgan fingerprint density at radius 2 is 2.04 bits per heavy atom. The molecule has 1 unspecified atom stereocenters. The Labute approximate surface area is 133 Å². The summed E-state index contributed by atoms with van der Waals surface area (Å²) in [6.45, 7) is 0.511. The fourth-order valence-corrected chi connectivity index (χ4v) is 3.69. The third kappa shape index (κ3) is 1.96. The van der Waals surface area contributed by atoms with Gasteiger partial charge in [0.1, 0.15) is 6.73 Å². The molecular weight excluding hydrogens is 294 g/mol. The number of Topliss-reactive ketones (excluding diaryl/α,β-unsaturated/α-hetero) is 1. The van der Waals surface area contributed by atoms with Gasteiger partial charge in [-0.1, -0.05) is 30.3 Å². The lowest BCUT2D eigenvalue weighted by Gasteiger charge is -2.39. The maximum Gasteiger partial charge on any atom is 0.322 e. The molecule has 1 atom stereocenters. The largest absolute Gasteiger partial charge is 0.457 e. The Hall–Kier alpha value is -2.40. The fourth-order valence-electron chi connectivity index (χ4n) is 3.69. The van der Waals surface area contributed by atoms with Gasteiger partial charge >= 0.3 is 5.97 Å². The number of rotatable bonds is 2. The summed E-state index contributed by atoms with van der Waals surface area (Å²) in [5, 5.41) is 2.16. The number of anilines is 1. The summed E-state index contributed by atoms with van der Waals surface area (Å²) in [5.41, 5.74) is 0.928. The van der Waals surface area contributed by atoms with Gasteiger partial charge in [0, 0.05) is 25.8 Å². The van der Waals surface area contributed by atoms with Crippen LogP contribution in [0.5, 0.6) is 0 Å². The third-order valence-electron chi connectivity index (χ3n) is 4.84. The minimum Gasteiger partial charge on any atom is -0.457 e. The number of nitrogens with zero attached hydrogens (tertiary/aromatic N) is 1. The van der Waals surface area contributed by atoms with Crippen molar-refractivity contribution < 1.29 is 19.1 Å². The highest BCUT2D eigenvalue weighted by atomic mass is 16.5. The summed E-state index contributed by atoms with van der Waals surface area (Å²) in [6, 6.07) is 12.1. The van der Waals surface area contributed by atoms with Gasteiger partial charge in [-0.15, -0.1) is 0 Å². The van der Waals surface area contributed by atoms with Crippen LogP contribution in [0.4, 0.5) is 5.69 Å². The minimum absolute atomic E-state index is 0.125. The Bertz CT molecular complexity index is 798. The molecule has 1 fully saturated rings. The lowest BCUT2D eigenvalue weighted by molar-refractivity contribution is -0.146. The number of hydrogen-bond donors (Lipinski definition) is 0. The van der Waals surface area contributed by atoms with Crippen LogP contribution in [0.25, 0.3) is 10.8 Å². The number of ketones is 1. The van der Waals surface area contributed by atoms with Gasteiger partial charge in [0.05, 0.1) is 0 Å². The SMILES string of the molecule is COCN1CC2(Cc3c1ccc1ccccc31)C(=O)COC2=O. The van der Waals surface area contributed by atoms with Crippen molar-refractivity contribution in [2.45, 2.75) is 6.42 Å². The Morgan fingerprint density at radius 1 is 1.22 bits per heavy atom. The van der Waals surface area contributed by atoms with E-state index in [1.165, 1.54) is 0 Å². The molecule has 0 amide bonds. The van der Waals surface area contributed by atoms with Gasteiger partial charge in [0.15, 0.2) is 17.8 Å². The standard InChI is InChI=1S/C18H17NO4/c1-22-11-19-10-18(16(20)9-23-17(18)21)8-14-13-5-3-2-4-12(13)6-7-15(14)19/h2-7H,8-11H2,1H3. The van der Waals surface area contributed by atoms with Gasteiger partial charge in [-0.25, -0.2) is 0 Å². The van der Waals surface area contributed by atoms with Crippen molar-refractivity contribution in [1.29, 1.82) is 0 Å². The average Bonchev–Trinajstić information content (AvgIpc) is 2.83. The zero-order valence-electron chi connectivity index (χ0n) is 12.9. The number of carbonyl (C=O) groups is 2. The summed E-state index contributed by atoms with van der Waals surface area (Å²) < 4.78 is 10.3. The van der Waals surface area contributed by atoms with Crippen LogP contribution in [0.15, 0.2) is 36.4 Å². The average molecular weight is 311 g/mol. The van der Waals surface area contributed by atoms with E-state index in [4.69, 9.17) is 9.47 Å². The third-order valence-corrected chi connectivity index (χ3v) is 4.84. The smallest absolute Gasteiger partial charge is 0.322 e. The highest BCUT2D eigenvalue weighted by Gasteiger charge is 2.55. The second-order valence-electron chi connectivity index (χ2n) is 6.16. The first kappa shape index (κ1) is 14.2. The zero-order chi connectivity index (χ0) is 16.0.